The van der Waals surface area contributed by atoms with Crippen LogP contribution < -0.4 is 5.73 Å². The maximum absolute atomic E-state index is 6.24. The van der Waals surface area contributed by atoms with Crippen LogP contribution >= 0.6 is 11.6 Å². The molecule has 0 saturated carbocycles. The topological polar surface area (TPSA) is 56.7 Å². The third-order valence-electron chi connectivity index (χ3n) is 3.17. The highest BCUT2D eigenvalue weighted by molar-refractivity contribution is 6.30. The Hall–Kier alpha value is -1.39. The molecule has 0 saturated heterocycles. The summed E-state index contributed by atoms with van der Waals surface area (Å²) in [6, 6.07) is 1.85. The van der Waals surface area contributed by atoms with E-state index in [-0.39, 0.29) is 6.04 Å². The molecule has 0 fully saturated rings. The summed E-state index contributed by atoms with van der Waals surface area (Å²) in [7, 11) is 1.83. The van der Waals surface area contributed by atoms with Crippen LogP contribution in [0, 0.1) is 13.8 Å². The number of rotatable bonds is 3. The van der Waals surface area contributed by atoms with Crippen LogP contribution in [0.5, 0.6) is 0 Å². The monoisotopic (exact) mass is 264 g/mol. The van der Waals surface area contributed by atoms with Crippen molar-refractivity contribution in [1.29, 1.82) is 0 Å². The fourth-order valence-electron chi connectivity index (χ4n) is 2.10. The first-order chi connectivity index (χ1) is 8.50. The molecule has 0 radical (unpaired) electrons. The Labute approximate surface area is 112 Å². The van der Waals surface area contributed by atoms with Gasteiger partial charge in [0.15, 0.2) is 0 Å². The highest BCUT2D eigenvalue weighted by Gasteiger charge is 2.17. The Morgan fingerprint density at radius 2 is 2.17 bits per heavy atom. The summed E-state index contributed by atoms with van der Waals surface area (Å²) in [6.45, 7) is 3.98. The molecule has 4 nitrogen and oxygen atoms in total. The number of halogens is 1. The summed E-state index contributed by atoms with van der Waals surface area (Å²) in [5, 5.41) is 4.95. The Balaban J connectivity index is 2.27. The quantitative estimate of drug-likeness (QED) is 0.926. The summed E-state index contributed by atoms with van der Waals surface area (Å²) in [5.74, 6) is 0. The minimum absolute atomic E-state index is 0.112. The van der Waals surface area contributed by atoms with E-state index in [0.29, 0.717) is 11.6 Å². The highest BCUT2D eigenvalue weighted by atomic mass is 35.5. The average Bonchev–Trinajstić information content (AvgIpc) is 2.56. The number of nitrogens with two attached hydrogens (primary N) is 1. The van der Waals surface area contributed by atoms with E-state index in [4.69, 9.17) is 17.3 Å². The van der Waals surface area contributed by atoms with Crippen molar-refractivity contribution in [3.05, 3.63) is 46.0 Å². The minimum atomic E-state index is -0.112. The summed E-state index contributed by atoms with van der Waals surface area (Å²) in [4.78, 5) is 4.12. The van der Waals surface area contributed by atoms with Crippen LogP contribution in [0.4, 0.5) is 0 Å². The predicted octanol–water partition coefficient (Wildman–Crippen LogP) is 2.33. The molecular weight excluding hydrogens is 248 g/mol. The van der Waals surface area contributed by atoms with Crippen molar-refractivity contribution in [2.45, 2.75) is 26.3 Å². The van der Waals surface area contributed by atoms with E-state index < -0.39 is 0 Å². The second-order valence-electron chi connectivity index (χ2n) is 4.52. The smallest absolute Gasteiger partial charge is 0.130 e. The van der Waals surface area contributed by atoms with Gasteiger partial charge in [-0.05, 0) is 37.5 Å². The lowest BCUT2D eigenvalue weighted by Gasteiger charge is -2.14. The summed E-state index contributed by atoms with van der Waals surface area (Å²) < 4.78 is 1.68. The second-order valence-corrected chi connectivity index (χ2v) is 4.88. The largest absolute Gasteiger partial charge is 0.324 e. The molecule has 2 rings (SSSR count). The molecule has 1 atom stereocenters. The van der Waals surface area contributed by atoms with Crippen LogP contribution in [0.2, 0.25) is 5.15 Å². The lowest BCUT2D eigenvalue weighted by Crippen LogP contribution is -2.15. The number of aromatic nitrogens is 3. The molecule has 0 bridgehead atoms. The molecule has 0 amide bonds. The fourth-order valence-corrected chi connectivity index (χ4v) is 2.35. The Morgan fingerprint density at radius 3 is 2.72 bits per heavy atom. The van der Waals surface area contributed by atoms with Gasteiger partial charge in [-0.3, -0.25) is 9.67 Å². The van der Waals surface area contributed by atoms with Gasteiger partial charge in [0.05, 0.1) is 5.69 Å². The third kappa shape index (κ3) is 2.40. The third-order valence-corrected chi connectivity index (χ3v) is 3.65. The molecule has 2 aromatic rings. The minimum Gasteiger partial charge on any atom is -0.324 e. The normalized spacial score (nSPS) is 12.7. The highest BCUT2D eigenvalue weighted by Crippen LogP contribution is 2.25. The molecule has 1 unspecified atom stereocenters. The van der Waals surface area contributed by atoms with Gasteiger partial charge in [-0.15, -0.1) is 0 Å². The van der Waals surface area contributed by atoms with Crippen molar-refractivity contribution in [2.24, 2.45) is 12.8 Å². The first kappa shape index (κ1) is 13.1. The van der Waals surface area contributed by atoms with Crippen LogP contribution in [0.1, 0.15) is 28.4 Å². The van der Waals surface area contributed by atoms with E-state index in [1.54, 1.807) is 10.9 Å². The van der Waals surface area contributed by atoms with Crippen molar-refractivity contribution < 1.29 is 0 Å². The van der Waals surface area contributed by atoms with Crippen molar-refractivity contribution in [3.63, 3.8) is 0 Å². The number of hydrogen-bond acceptors (Lipinski definition) is 3. The van der Waals surface area contributed by atoms with E-state index in [0.717, 1.165) is 22.4 Å². The predicted molar refractivity (Wildman–Crippen MR) is 72.6 cm³/mol. The van der Waals surface area contributed by atoms with Gasteiger partial charge in [0.2, 0.25) is 0 Å². The van der Waals surface area contributed by atoms with Gasteiger partial charge in [0.25, 0.3) is 0 Å². The molecule has 0 aliphatic heterocycles. The van der Waals surface area contributed by atoms with Crippen molar-refractivity contribution in [1.82, 2.24) is 14.8 Å². The molecule has 18 heavy (non-hydrogen) atoms. The molecule has 0 aliphatic carbocycles. The van der Waals surface area contributed by atoms with E-state index in [1.807, 2.05) is 33.2 Å². The van der Waals surface area contributed by atoms with E-state index in [2.05, 4.69) is 10.1 Å². The Kier molecular flexibility index (Phi) is 3.68. The molecular formula is C13H17ClN4. The zero-order valence-corrected chi connectivity index (χ0v) is 11.6. The van der Waals surface area contributed by atoms with Crippen molar-refractivity contribution in [2.75, 3.05) is 0 Å². The molecule has 2 N–H and O–H groups in total. The van der Waals surface area contributed by atoms with Crippen LogP contribution in [-0.4, -0.2) is 14.8 Å². The van der Waals surface area contributed by atoms with Gasteiger partial charge in [-0.25, -0.2) is 0 Å². The average molecular weight is 265 g/mol. The number of aryl methyl sites for hydroxylation is 3. The van der Waals surface area contributed by atoms with E-state index in [9.17, 15) is 0 Å². The van der Waals surface area contributed by atoms with E-state index >= 15 is 0 Å². The van der Waals surface area contributed by atoms with Crippen molar-refractivity contribution in [3.8, 4) is 0 Å². The second kappa shape index (κ2) is 5.08. The van der Waals surface area contributed by atoms with Gasteiger partial charge < -0.3 is 5.73 Å². The lowest BCUT2D eigenvalue weighted by molar-refractivity contribution is 0.709. The number of hydrogen-bond donors (Lipinski definition) is 1. The lowest BCUT2D eigenvalue weighted by atomic mass is 9.98. The Bertz CT molecular complexity index is 562. The van der Waals surface area contributed by atoms with Gasteiger partial charge in [-0.2, -0.15) is 5.10 Å². The van der Waals surface area contributed by atoms with Gasteiger partial charge in [-0.1, -0.05) is 11.6 Å². The van der Waals surface area contributed by atoms with Gasteiger partial charge in [0.1, 0.15) is 5.15 Å². The molecule has 2 aromatic heterocycles. The molecule has 96 valence electrons. The fraction of sp³-hybridized carbons (Fsp3) is 0.385. The molecule has 0 aromatic carbocycles. The first-order valence-corrected chi connectivity index (χ1v) is 6.22. The summed E-state index contributed by atoms with van der Waals surface area (Å²) in [6.07, 6.45) is 4.26. The van der Waals surface area contributed by atoms with Crippen LogP contribution in [0.15, 0.2) is 18.5 Å². The molecule has 2 heterocycles. The Morgan fingerprint density at radius 1 is 1.44 bits per heavy atom. The van der Waals surface area contributed by atoms with Crippen LogP contribution in [0.25, 0.3) is 0 Å². The van der Waals surface area contributed by atoms with Gasteiger partial charge >= 0.3 is 0 Å². The molecule has 5 heteroatoms. The van der Waals surface area contributed by atoms with E-state index in [1.165, 1.54) is 0 Å². The summed E-state index contributed by atoms with van der Waals surface area (Å²) >= 11 is 6.21. The maximum Gasteiger partial charge on any atom is 0.130 e. The standard InChI is InChI=1S/C13H17ClN4/c1-8-4-5-16-7-11(8)12(15)6-10-9(2)17-18(3)13(10)14/h4-5,7,12H,6,15H2,1-3H3. The zero-order valence-electron chi connectivity index (χ0n) is 10.8. The SMILES string of the molecule is Cc1ccncc1C(N)Cc1c(C)nn(C)c1Cl. The van der Waals surface area contributed by atoms with Crippen LogP contribution in [0.3, 0.4) is 0 Å². The van der Waals surface area contributed by atoms with Crippen LogP contribution in [-0.2, 0) is 13.5 Å². The van der Waals surface area contributed by atoms with Gasteiger partial charge in [0, 0.05) is 31.0 Å². The molecule has 0 aliphatic rings. The molecule has 0 spiro atoms. The maximum atomic E-state index is 6.24. The zero-order chi connectivity index (χ0) is 13.3. The number of pyridine rings is 1. The summed E-state index contributed by atoms with van der Waals surface area (Å²) in [5.41, 5.74) is 10.4. The van der Waals surface area contributed by atoms with Crippen molar-refractivity contribution >= 4 is 11.6 Å². The number of nitrogens with zero attached hydrogens (tertiary/aromatic N) is 3. The first-order valence-electron chi connectivity index (χ1n) is 5.84.